The summed E-state index contributed by atoms with van der Waals surface area (Å²) >= 11 is 6.32. The fourth-order valence-electron chi connectivity index (χ4n) is 5.72. The van der Waals surface area contributed by atoms with Crippen molar-refractivity contribution in [2.45, 2.75) is 51.0 Å². The van der Waals surface area contributed by atoms with Gasteiger partial charge in [0.2, 0.25) is 0 Å². The molecule has 2 aliphatic rings. The number of alkyl halides is 5. The van der Waals surface area contributed by atoms with E-state index < -0.39 is 54.4 Å². The van der Waals surface area contributed by atoms with Gasteiger partial charge in [-0.25, -0.2) is 14.8 Å². The van der Waals surface area contributed by atoms with E-state index >= 15 is 0 Å². The molecule has 0 saturated carbocycles. The third kappa shape index (κ3) is 7.72. The molecule has 3 N–H and O–H groups in total. The number of hydrazone groups is 1. The van der Waals surface area contributed by atoms with E-state index in [1.165, 1.54) is 18.2 Å². The summed E-state index contributed by atoms with van der Waals surface area (Å²) in [6.07, 6.45) is -3.01. The molecule has 266 valence electrons. The first-order valence-corrected chi connectivity index (χ1v) is 15.5. The number of rotatable bonds is 9. The SMILES string of the molecule is Cn1ccc(-c2ccc([C@@]3(CC(C)(C)C)N=C(N)N([C@H](COC(=O)NCC(F)(F)F)c4ccc(Cl)c(N5N=CN=CC5(F)F)c4)C3=O)cc2)n1. The summed E-state index contributed by atoms with van der Waals surface area (Å²) in [4.78, 5) is 36.2. The lowest BCUT2D eigenvalue weighted by atomic mass is 9.75. The van der Waals surface area contributed by atoms with Crippen LogP contribution in [-0.4, -0.2) is 70.6 Å². The summed E-state index contributed by atoms with van der Waals surface area (Å²) < 4.78 is 74.9. The number of nitrogens with one attached hydrogen (secondary N) is 1. The van der Waals surface area contributed by atoms with Crippen molar-refractivity contribution in [3.8, 4) is 11.3 Å². The molecule has 0 saturated heterocycles. The highest BCUT2D eigenvalue weighted by molar-refractivity contribution is 6.33. The number of aryl methyl sites for hydroxylation is 1. The monoisotopic (exact) mass is 721 g/mol. The van der Waals surface area contributed by atoms with Gasteiger partial charge in [0, 0.05) is 18.8 Å². The van der Waals surface area contributed by atoms with Crippen LogP contribution < -0.4 is 16.1 Å². The Balaban J connectivity index is 1.57. The van der Waals surface area contributed by atoms with Crippen LogP contribution >= 0.6 is 11.6 Å². The first-order chi connectivity index (χ1) is 23.3. The third-order valence-electron chi connectivity index (χ3n) is 7.73. The van der Waals surface area contributed by atoms with Crippen molar-refractivity contribution >= 4 is 47.8 Å². The minimum atomic E-state index is -4.73. The zero-order valence-corrected chi connectivity index (χ0v) is 28.0. The van der Waals surface area contributed by atoms with Gasteiger partial charge in [0.15, 0.2) is 11.5 Å². The second kappa shape index (κ2) is 13.3. The quantitative estimate of drug-likeness (QED) is 0.206. The van der Waals surface area contributed by atoms with Crippen molar-refractivity contribution in [3.05, 3.63) is 70.9 Å². The van der Waals surface area contributed by atoms with Crippen molar-refractivity contribution < 1.29 is 36.3 Å². The molecule has 18 heteroatoms. The highest BCUT2D eigenvalue weighted by atomic mass is 35.5. The average molecular weight is 722 g/mol. The zero-order valence-electron chi connectivity index (χ0n) is 27.2. The van der Waals surface area contributed by atoms with Crippen LogP contribution in [-0.2, 0) is 22.1 Å². The molecule has 0 spiro atoms. The summed E-state index contributed by atoms with van der Waals surface area (Å²) in [6.45, 7) is 3.27. The smallest absolute Gasteiger partial charge is 0.407 e. The molecule has 50 heavy (non-hydrogen) atoms. The van der Waals surface area contributed by atoms with Gasteiger partial charge in [-0.15, -0.1) is 0 Å². The van der Waals surface area contributed by atoms with E-state index in [9.17, 15) is 31.5 Å². The highest BCUT2D eigenvalue weighted by Gasteiger charge is 2.53. The molecule has 0 bridgehead atoms. The van der Waals surface area contributed by atoms with Crippen molar-refractivity contribution in [1.29, 1.82) is 0 Å². The number of nitrogens with two attached hydrogens (primary N) is 1. The van der Waals surface area contributed by atoms with E-state index in [1.54, 1.807) is 47.5 Å². The molecule has 0 radical (unpaired) electrons. The van der Waals surface area contributed by atoms with Gasteiger partial charge in [-0.3, -0.25) is 14.4 Å². The second-order valence-corrected chi connectivity index (χ2v) is 13.3. The Morgan fingerprint density at radius 2 is 1.80 bits per heavy atom. The number of nitrogens with zero attached hydrogens (tertiary/aromatic N) is 7. The van der Waals surface area contributed by atoms with Crippen LogP contribution in [0.4, 0.5) is 32.4 Å². The topological polar surface area (TPSA) is 143 Å². The van der Waals surface area contributed by atoms with Crippen LogP contribution in [0.25, 0.3) is 11.3 Å². The minimum Gasteiger partial charge on any atom is -0.447 e. The molecule has 12 nitrogen and oxygen atoms in total. The van der Waals surface area contributed by atoms with Gasteiger partial charge in [-0.1, -0.05) is 62.7 Å². The van der Waals surface area contributed by atoms with Crippen LogP contribution in [0.1, 0.15) is 44.4 Å². The molecule has 2 aliphatic heterocycles. The summed E-state index contributed by atoms with van der Waals surface area (Å²) in [5.41, 5.74) is 6.08. The minimum absolute atomic E-state index is 0.0742. The number of carbonyl (C=O) groups excluding carboxylic acids is 2. The fraction of sp³-hybridized carbons (Fsp3) is 0.375. The third-order valence-corrected chi connectivity index (χ3v) is 8.05. The summed E-state index contributed by atoms with van der Waals surface area (Å²) in [5, 5.41) is 9.78. The van der Waals surface area contributed by atoms with Gasteiger partial charge >= 0.3 is 18.3 Å². The number of benzene rings is 2. The van der Waals surface area contributed by atoms with Gasteiger partial charge in [0.1, 0.15) is 19.5 Å². The molecule has 2 atom stereocenters. The fourth-order valence-corrected chi connectivity index (χ4v) is 5.91. The van der Waals surface area contributed by atoms with E-state index in [-0.39, 0.29) is 28.7 Å². The Bertz CT molecular complexity index is 1850. The highest BCUT2D eigenvalue weighted by Crippen LogP contribution is 2.46. The molecule has 1 aromatic heterocycles. The molecule has 0 aliphatic carbocycles. The van der Waals surface area contributed by atoms with Gasteiger partial charge in [0.25, 0.3) is 5.91 Å². The maximum Gasteiger partial charge on any atom is 0.407 e. The zero-order chi connectivity index (χ0) is 36.6. The van der Waals surface area contributed by atoms with E-state index in [4.69, 9.17) is 22.1 Å². The molecule has 5 rings (SSSR count). The number of ether oxygens (including phenoxy) is 1. The largest absolute Gasteiger partial charge is 0.447 e. The Hall–Kier alpha value is -5.06. The number of hydrogen-bond donors (Lipinski definition) is 2. The van der Waals surface area contributed by atoms with Gasteiger partial charge in [-0.2, -0.15) is 37.2 Å². The number of alkyl carbamates (subject to hydrolysis) is 1. The normalized spacial score (nSPS) is 19.5. The predicted molar refractivity (Wildman–Crippen MR) is 177 cm³/mol. The van der Waals surface area contributed by atoms with E-state index in [2.05, 4.69) is 20.2 Å². The molecule has 2 aromatic carbocycles. The number of carbonyl (C=O) groups is 2. The number of aromatic nitrogens is 2. The van der Waals surface area contributed by atoms with Crippen LogP contribution in [0.15, 0.2) is 69.8 Å². The van der Waals surface area contributed by atoms with Crippen molar-refractivity contribution in [1.82, 2.24) is 20.0 Å². The first-order valence-electron chi connectivity index (χ1n) is 15.1. The Labute approximate surface area is 288 Å². The van der Waals surface area contributed by atoms with Gasteiger partial charge in [-0.05, 0) is 41.2 Å². The van der Waals surface area contributed by atoms with Crippen molar-refractivity contribution in [2.24, 2.45) is 33.3 Å². The first kappa shape index (κ1) is 36.2. The lowest BCUT2D eigenvalue weighted by molar-refractivity contribution is -0.135. The van der Waals surface area contributed by atoms with Gasteiger partial charge < -0.3 is 15.8 Å². The number of halogens is 6. The Morgan fingerprint density at radius 3 is 2.40 bits per heavy atom. The molecule has 3 heterocycles. The predicted octanol–water partition coefficient (Wildman–Crippen LogP) is 5.99. The molecule has 0 fully saturated rings. The number of anilines is 1. The number of amides is 2. The Morgan fingerprint density at radius 1 is 1.10 bits per heavy atom. The second-order valence-electron chi connectivity index (χ2n) is 12.9. The molecule has 3 aromatic rings. The van der Waals surface area contributed by atoms with Crippen LogP contribution in [0.5, 0.6) is 0 Å². The lowest BCUT2D eigenvalue weighted by Gasteiger charge is -2.35. The van der Waals surface area contributed by atoms with E-state index in [0.717, 1.165) is 16.8 Å². The van der Waals surface area contributed by atoms with E-state index in [0.29, 0.717) is 22.5 Å². The standard InChI is InChI=1S/C32H33ClF5N9O3/c1-29(2,3)15-30(21-8-5-19(6-9-21)23-11-12-45(4)44-23)26(48)46(27(39)43-30)25(14-50-28(49)41-16-31(34,35)36)20-7-10-22(33)24(13-20)47-32(37,38)17-40-18-42-47/h5-13,17-18,25H,14-16H2,1-4H3,(H2,39,43)(H,41,49)/t25-,30-/m1/s1. The molecular formula is C32H33ClF5N9O3. The summed E-state index contributed by atoms with van der Waals surface area (Å²) in [5.74, 6) is -0.952. The molecular weight excluding hydrogens is 689 g/mol. The van der Waals surface area contributed by atoms with Crippen molar-refractivity contribution in [3.63, 3.8) is 0 Å². The van der Waals surface area contributed by atoms with Crippen LogP contribution in [0.2, 0.25) is 5.02 Å². The molecule has 2 amide bonds. The number of aliphatic imine (C=N–C) groups is 2. The number of guanidine groups is 1. The van der Waals surface area contributed by atoms with Crippen molar-refractivity contribution in [2.75, 3.05) is 18.2 Å². The lowest BCUT2D eigenvalue weighted by Crippen LogP contribution is -2.48. The maximum absolute atomic E-state index is 14.8. The van der Waals surface area contributed by atoms with E-state index in [1.807, 2.05) is 26.8 Å². The summed E-state index contributed by atoms with van der Waals surface area (Å²) in [7, 11) is 1.78. The van der Waals surface area contributed by atoms with Crippen LogP contribution in [0.3, 0.4) is 0 Å². The Kier molecular flexibility index (Phi) is 9.66. The average Bonchev–Trinajstić information content (AvgIpc) is 3.56. The number of hydrogen-bond acceptors (Lipinski definition) is 9. The summed E-state index contributed by atoms with van der Waals surface area (Å²) in [6, 6.07) is 7.58. The maximum atomic E-state index is 14.8. The van der Waals surface area contributed by atoms with Crippen LogP contribution in [0, 0.1) is 5.41 Å². The molecule has 0 unspecified atom stereocenters. The van der Waals surface area contributed by atoms with Gasteiger partial charge in [0.05, 0.1) is 28.7 Å².